The van der Waals surface area contributed by atoms with Crippen LogP contribution in [0.1, 0.15) is 25.7 Å². The first-order valence-electron chi connectivity index (χ1n) is 8.34. The lowest BCUT2D eigenvalue weighted by atomic mass is 9.87. The largest absolute Gasteiger partial charge is 0.340 e. The first-order chi connectivity index (χ1) is 12.9. The van der Waals surface area contributed by atoms with Gasteiger partial charge in [0.2, 0.25) is 5.88 Å². The zero-order chi connectivity index (χ0) is 20.4. The lowest BCUT2D eigenvalue weighted by molar-refractivity contribution is -0.247. The van der Waals surface area contributed by atoms with Crippen LogP contribution >= 0.6 is 0 Å². The highest BCUT2D eigenvalue weighted by atomic mass is 17.1. The highest BCUT2D eigenvalue weighted by Gasteiger charge is 2.38. The van der Waals surface area contributed by atoms with Crippen molar-refractivity contribution in [2.24, 2.45) is 0 Å². The minimum Gasteiger partial charge on any atom is -0.340 e. The molecular weight excluding hydrogens is 360 g/mol. The van der Waals surface area contributed by atoms with Crippen molar-refractivity contribution < 1.29 is 40.6 Å². The second-order valence-electron chi connectivity index (χ2n) is 6.16. The molecule has 0 aromatic carbocycles. The highest BCUT2D eigenvalue weighted by Crippen LogP contribution is 2.34. The quantitative estimate of drug-likeness (QED) is 0.213. The smallest absolute Gasteiger partial charge is 0.230 e. The summed E-state index contributed by atoms with van der Waals surface area (Å²) in [6.07, 6.45) is 3.11. The molecule has 1 fully saturated rings. The summed E-state index contributed by atoms with van der Waals surface area (Å²) in [5, 5.41) is 35.5. The Morgan fingerprint density at radius 2 is 1.07 bits per heavy atom. The molecule has 1 saturated carbocycles. The standard InChI is InChI=1S/C17H28N2O8/c1-12(9-24-20)18(13(2)10-25-21)16-7-5-6-8-17(16)19(15(4)27-23)14(3)11-26-22/h16-17,20-23H,1-11H2. The van der Waals surface area contributed by atoms with E-state index in [2.05, 4.69) is 45.9 Å². The van der Waals surface area contributed by atoms with Crippen LogP contribution in [0.25, 0.3) is 0 Å². The molecule has 2 unspecified atom stereocenters. The summed E-state index contributed by atoms with van der Waals surface area (Å²) in [5.74, 6) is -0.0954. The van der Waals surface area contributed by atoms with Crippen LogP contribution in [0.5, 0.6) is 0 Å². The summed E-state index contributed by atoms with van der Waals surface area (Å²) < 4.78 is 0. The Balaban J connectivity index is 3.26. The molecule has 0 saturated heterocycles. The van der Waals surface area contributed by atoms with Crippen LogP contribution in [0.3, 0.4) is 0 Å². The second-order valence-corrected chi connectivity index (χ2v) is 6.16. The summed E-state index contributed by atoms with van der Waals surface area (Å²) in [4.78, 5) is 20.1. The molecule has 10 heteroatoms. The maximum atomic E-state index is 9.12. The molecule has 0 spiro atoms. The van der Waals surface area contributed by atoms with E-state index in [0.29, 0.717) is 29.9 Å². The maximum absolute atomic E-state index is 9.12. The van der Waals surface area contributed by atoms with Gasteiger partial charge in [0.1, 0.15) is 19.8 Å². The Morgan fingerprint density at radius 1 is 0.704 bits per heavy atom. The maximum Gasteiger partial charge on any atom is 0.230 e. The topological polar surface area (TPSA) is 124 Å². The highest BCUT2D eigenvalue weighted by molar-refractivity contribution is 5.16. The Bertz CT molecular complexity index is 521. The Labute approximate surface area is 158 Å². The van der Waals surface area contributed by atoms with Gasteiger partial charge in [-0.2, -0.15) is 0 Å². The van der Waals surface area contributed by atoms with Crippen molar-refractivity contribution in [3.8, 4) is 0 Å². The Hall–Kier alpha value is -1.92. The molecule has 154 valence electrons. The summed E-state index contributed by atoms with van der Waals surface area (Å²) in [6, 6.07) is -0.613. The average Bonchev–Trinajstić information content (AvgIpc) is 2.64. The number of hydrogen-bond donors (Lipinski definition) is 4. The minimum atomic E-state index is -0.327. The molecule has 2 atom stereocenters. The van der Waals surface area contributed by atoms with E-state index in [0.717, 1.165) is 12.8 Å². The molecule has 27 heavy (non-hydrogen) atoms. The van der Waals surface area contributed by atoms with Crippen molar-refractivity contribution >= 4 is 0 Å². The molecule has 0 bridgehead atoms. The van der Waals surface area contributed by atoms with Crippen LogP contribution in [-0.2, 0) is 19.6 Å². The van der Waals surface area contributed by atoms with Crippen LogP contribution in [0, 0.1) is 0 Å². The first kappa shape index (κ1) is 23.1. The molecule has 0 radical (unpaired) electrons. The van der Waals surface area contributed by atoms with Gasteiger partial charge >= 0.3 is 0 Å². The third-order valence-corrected chi connectivity index (χ3v) is 4.45. The van der Waals surface area contributed by atoms with Gasteiger partial charge in [0.25, 0.3) is 0 Å². The number of hydrogen-bond acceptors (Lipinski definition) is 10. The van der Waals surface area contributed by atoms with E-state index in [4.69, 9.17) is 21.0 Å². The fourth-order valence-corrected chi connectivity index (χ4v) is 3.46. The van der Waals surface area contributed by atoms with Crippen LogP contribution in [-0.4, -0.2) is 62.7 Å². The van der Waals surface area contributed by atoms with E-state index >= 15 is 0 Å². The van der Waals surface area contributed by atoms with Gasteiger partial charge in [-0.1, -0.05) is 32.6 Å². The summed E-state index contributed by atoms with van der Waals surface area (Å²) >= 11 is 0. The molecule has 0 heterocycles. The zero-order valence-electron chi connectivity index (χ0n) is 15.2. The van der Waals surface area contributed by atoms with E-state index in [-0.39, 0.29) is 37.8 Å². The van der Waals surface area contributed by atoms with Crippen molar-refractivity contribution in [2.75, 3.05) is 19.8 Å². The Morgan fingerprint density at radius 3 is 1.44 bits per heavy atom. The van der Waals surface area contributed by atoms with Gasteiger partial charge in [0.15, 0.2) is 0 Å². The molecule has 0 amide bonds. The summed E-state index contributed by atoms with van der Waals surface area (Å²) in [6.45, 7) is 14.7. The SMILES string of the molecule is C=C(COO)N(C(=C)COO)C1CCCCC1N(C(=C)COO)C(=C)OO. The van der Waals surface area contributed by atoms with Gasteiger partial charge in [-0.25, -0.2) is 19.9 Å². The monoisotopic (exact) mass is 388 g/mol. The molecular formula is C17H28N2O8. The zero-order valence-corrected chi connectivity index (χ0v) is 15.2. The van der Waals surface area contributed by atoms with Gasteiger partial charge in [-0.05, 0) is 19.4 Å². The van der Waals surface area contributed by atoms with E-state index < -0.39 is 0 Å². The van der Waals surface area contributed by atoms with Crippen LogP contribution in [0.4, 0.5) is 0 Å². The molecule has 10 nitrogen and oxygen atoms in total. The van der Waals surface area contributed by atoms with Crippen LogP contribution in [0.2, 0.25) is 0 Å². The first-order valence-corrected chi connectivity index (χ1v) is 8.34. The fourth-order valence-electron chi connectivity index (χ4n) is 3.46. The molecule has 1 aliphatic rings. The lowest BCUT2D eigenvalue weighted by Crippen LogP contribution is -2.53. The van der Waals surface area contributed by atoms with Crippen molar-refractivity contribution in [2.45, 2.75) is 37.8 Å². The van der Waals surface area contributed by atoms with Crippen LogP contribution in [0.15, 0.2) is 49.3 Å². The Kier molecular flexibility index (Phi) is 10.0. The van der Waals surface area contributed by atoms with Crippen LogP contribution < -0.4 is 0 Å². The minimum absolute atomic E-state index is 0.0954. The summed E-state index contributed by atoms with van der Waals surface area (Å²) in [5.41, 5.74) is 1.08. The molecule has 4 N–H and O–H groups in total. The molecule has 1 rings (SSSR count). The molecule has 0 aliphatic heterocycles. The third kappa shape index (κ3) is 6.04. The lowest BCUT2D eigenvalue weighted by Gasteiger charge is -2.47. The second kappa shape index (κ2) is 11.7. The molecule has 0 aromatic heterocycles. The number of nitrogens with zero attached hydrogens (tertiary/aromatic N) is 2. The van der Waals surface area contributed by atoms with Gasteiger partial charge in [0, 0.05) is 17.1 Å². The number of rotatable bonds is 13. The van der Waals surface area contributed by atoms with Gasteiger partial charge in [-0.15, -0.1) is 0 Å². The van der Waals surface area contributed by atoms with Gasteiger partial charge in [-0.3, -0.25) is 15.8 Å². The van der Waals surface area contributed by atoms with E-state index in [1.165, 1.54) is 4.90 Å². The normalized spacial score (nSPS) is 19.3. The van der Waals surface area contributed by atoms with E-state index in [1.807, 2.05) is 0 Å². The average molecular weight is 388 g/mol. The van der Waals surface area contributed by atoms with Crippen molar-refractivity contribution in [1.82, 2.24) is 9.80 Å². The van der Waals surface area contributed by atoms with Gasteiger partial charge in [0.05, 0.1) is 12.1 Å². The predicted octanol–water partition coefficient (Wildman–Crippen LogP) is 2.87. The van der Waals surface area contributed by atoms with E-state index in [1.54, 1.807) is 4.90 Å². The van der Waals surface area contributed by atoms with Crippen molar-refractivity contribution in [3.05, 3.63) is 49.3 Å². The van der Waals surface area contributed by atoms with Crippen molar-refractivity contribution in [1.29, 1.82) is 0 Å². The van der Waals surface area contributed by atoms with E-state index in [9.17, 15) is 0 Å². The molecule has 0 aromatic rings. The summed E-state index contributed by atoms with van der Waals surface area (Å²) in [7, 11) is 0. The third-order valence-electron chi connectivity index (χ3n) is 4.45. The van der Waals surface area contributed by atoms with Gasteiger partial charge < -0.3 is 14.7 Å². The predicted molar refractivity (Wildman–Crippen MR) is 95.7 cm³/mol. The molecule has 1 aliphatic carbocycles. The fraction of sp³-hybridized carbons (Fsp3) is 0.529. The van der Waals surface area contributed by atoms with Crippen molar-refractivity contribution in [3.63, 3.8) is 0 Å².